The van der Waals surface area contributed by atoms with Gasteiger partial charge in [-0.1, -0.05) is 11.6 Å². The van der Waals surface area contributed by atoms with Crippen LogP contribution in [0.15, 0.2) is 23.2 Å². The average Bonchev–Trinajstić information content (AvgIpc) is 2.08. The third-order valence-corrected chi connectivity index (χ3v) is 1.76. The lowest BCUT2D eigenvalue weighted by molar-refractivity contribution is 0.242. The van der Waals surface area contributed by atoms with Crippen LogP contribution in [0, 0.1) is 0 Å². The van der Waals surface area contributed by atoms with Crippen molar-refractivity contribution in [2.75, 3.05) is 0 Å². The van der Waals surface area contributed by atoms with Gasteiger partial charge in [0.05, 0.1) is 16.8 Å². The molecule has 0 bridgehead atoms. The van der Waals surface area contributed by atoms with Crippen molar-refractivity contribution in [1.29, 1.82) is 0 Å². The summed E-state index contributed by atoms with van der Waals surface area (Å²) in [7, 11) is 0. The molecule has 3 heteroatoms. The summed E-state index contributed by atoms with van der Waals surface area (Å²) >= 11 is 5.94. The SMILES string of the molecule is C=Nc1ccc(OC(C)C)c(Cl)c1. The topological polar surface area (TPSA) is 21.6 Å². The van der Waals surface area contributed by atoms with Gasteiger partial charge < -0.3 is 4.74 Å². The Balaban J connectivity index is 2.91. The van der Waals surface area contributed by atoms with E-state index < -0.39 is 0 Å². The molecule has 1 aromatic rings. The van der Waals surface area contributed by atoms with Crippen molar-refractivity contribution in [3.8, 4) is 5.75 Å². The Bertz CT molecular complexity index is 310. The highest BCUT2D eigenvalue weighted by Crippen LogP contribution is 2.29. The molecule has 2 nitrogen and oxygen atoms in total. The normalized spacial score (nSPS) is 10.2. The van der Waals surface area contributed by atoms with E-state index in [2.05, 4.69) is 11.7 Å². The fourth-order valence-corrected chi connectivity index (χ4v) is 1.16. The lowest BCUT2D eigenvalue weighted by Gasteiger charge is -2.11. The minimum Gasteiger partial charge on any atom is -0.489 e. The molecule has 0 aliphatic carbocycles. The quantitative estimate of drug-likeness (QED) is 0.680. The van der Waals surface area contributed by atoms with Crippen molar-refractivity contribution >= 4 is 24.0 Å². The van der Waals surface area contributed by atoms with Crippen LogP contribution < -0.4 is 4.74 Å². The Labute approximate surface area is 83.2 Å². The van der Waals surface area contributed by atoms with Crippen LogP contribution in [0.5, 0.6) is 5.75 Å². The van der Waals surface area contributed by atoms with Gasteiger partial charge >= 0.3 is 0 Å². The van der Waals surface area contributed by atoms with Gasteiger partial charge in [-0.25, -0.2) is 0 Å². The Hall–Kier alpha value is -1.02. The van der Waals surface area contributed by atoms with Crippen molar-refractivity contribution < 1.29 is 4.74 Å². The van der Waals surface area contributed by atoms with Gasteiger partial charge in [0, 0.05) is 0 Å². The van der Waals surface area contributed by atoms with Crippen molar-refractivity contribution in [2.24, 2.45) is 4.99 Å². The molecule has 13 heavy (non-hydrogen) atoms. The third-order valence-electron chi connectivity index (χ3n) is 1.46. The molecule has 0 saturated heterocycles. The second-order valence-corrected chi connectivity index (χ2v) is 3.35. The van der Waals surface area contributed by atoms with Gasteiger partial charge in [0.25, 0.3) is 0 Å². The summed E-state index contributed by atoms with van der Waals surface area (Å²) in [6.45, 7) is 7.32. The monoisotopic (exact) mass is 197 g/mol. The summed E-state index contributed by atoms with van der Waals surface area (Å²) in [5, 5.41) is 0.568. The van der Waals surface area contributed by atoms with Crippen LogP contribution in [0.2, 0.25) is 5.02 Å². The lowest BCUT2D eigenvalue weighted by Crippen LogP contribution is -2.05. The van der Waals surface area contributed by atoms with Crippen LogP contribution in [-0.2, 0) is 0 Å². The zero-order valence-electron chi connectivity index (χ0n) is 7.75. The number of aliphatic imine (C=N–C) groups is 1. The predicted octanol–water partition coefficient (Wildman–Crippen LogP) is 3.46. The van der Waals surface area contributed by atoms with Gasteiger partial charge in [0.15, 0.2) is 0 Å². The van der Waals surface area contributed by atoms with Gasteiger partial charge in [-0.3, -0.25) is 4.99 Å². The second-order valence-electron chi connectivity index (χ2n) is 2.94. The zero-order valence-corrected chi connectivity index (χ0v) is 8.51. The first-order chi connectivity index (χ1) is 6.13. The number of nitrogens with zero attached hydrogens (tertiary/aromatic N) is 1. The van der Waals surface area contributed by atoms with E-state index in [4.69, 9.17) is 16.3 Å². The molecule has 1 rings (SSSR count). The van der Waals surface area contributed by atoms with Gasteiger partial charge in [0.1, 0.15) is 5.75 Å². The number of benzene rings is 1. The molecule has 0 atom stereocenters. The standard InChI is InChI=1S/C10H12ClNO/c1-7(2)13-10-5-4-8(12-3)6-9(10)11/h4-7H,3H2,1-2H3. The summed E-state index contributed by atoms with van der Waals surface area (Å²) in [4.78, 5) is 3.76. The van der Waals surface area contributed by atoms with Crippen molar-refractivity contribution in [3.05, 3.63) is 23.2 Å². The predicted molar refractivity (Wildman–Crippen MR) is 56.4 cm³/mol. The molecular formula is C10H12ClNO. The Morgan fingerprint density at radius 3 is 2.62 bits per heavy atom. The summed E-state index contributed by atoms with van der Waals surface area (Å²) in [5.74, 6) is 0.684. The van der Waals surface area contributed by atoms with E-state index in [1.54, 1.807) is 12.1 Å². The highest BCUT2D eigenvalue weighted by molar-refractivity contribution is 6.32. The average molecular weight is 198 g/mol. The molecule has 0 spiro atoms. The Morgan fingerprint density at radius 1 is 1.46 bits per heavy atom. The van der Waals surface area contributed by atoms with E-state index in [0.29, 0.717) is 10.8 Å². The lowest BCUT2D eigenvalue weighted by atomic mass is 10.3. The summed E-state index contributed by atoms with van der Waals surface area (Å²) in [6.07, 6.45) is 0.125. The van der Waals surface area contributed by atoms with E-state index in [1.807, 2.05) is 19.9 Å². The number of ether oxygens (including phenoxy) is 1. The molecule has 0 heterocycles. The maximum absolute atomic E-state index is 5.94. The molecule has 0 N–H and O–H groups in total. The van der Waals surface area contributed by atoms with E-state index in [-0.39, 0.29) is 6.10 Å². The Kier molecular flexibility index (Phi) is 3.32. The fourth-order valence-electron chi connectivity index (χ4n) is 0.938. The first kappa shape index (κ1) is 10.1. The van der Waals surface area contributed by atoms with Crippen LogP contribution >= 0.6 is 11.6 Å². The highest BCUT2D eigenvalue weighted by Gasteiger charge is 2.03. The maximum atomic E-state index is 5.94. The fraction of sp³-hybridized carbons (Fsp3) is 0.300. The van der Waals surface area contributed by atoms with E-state index >= 15 is 0 Å². The van der Waals surface area contributed by atoms with Crippen LogP contribution in [-0.4, -0.2) is 12.8 Å². The number of halogens is 1. The summed E-state index contributed by atoms with van der Waals surface area (Å²) < 4.78 is 5.45. The summed E-state index contributed by atoms with van der Waals surface area (Å²) in [5.41, 5.74) is 0.751. The van der Waals surface area contributed by atoms with Gasteiger partial charge in [-0.15, -0.1) is 0 Å². The van der Waals surface area contributed by atoms with Crippen LogP contribution in [0.4, 0.5) is 5.69 Å². The largest absolute Gasteiger partial charge is 0.489 e. The molecule has 0 aromatic heterocycles. The number of hydrogen-bond acceptors (Lipinski definition) is 2. The number of rotatable bonds is 3. The maximum Gasteiger partial charge on any atom is 0.138 e. The Morgan fingerprint density at radius 2 is 2.15 bits per heavy atom. The van der Waals surface area contributed by atoms with Gasteiger partial charge in [-0.05, 0) is 38.8 Å². The molecule has 0 aliphatic heterocycles. The van der Waals surface area contributed by atoms with Gasteiger partial charge in [0.2, 0.25) is 0 Å². The molecule has 0 saturated carbocycles. The molecule has 0 unspecified atom stereocenters. The molecule has 0 fully saturated rings. The van der Waals surface area contributed by atoms with Crippen LogP contribution in [0.25, 0.3) is 0 Å². The van der Waals surface area contributed by atoms with E-state index in [0.717, 1.165) is 5.69 Å². The van der Waals surface area contributed by atoms with Crippen molar-refractivity contribution in [3.63, 3.8) is 0 Å². The smallest absolute Gasteiger partial charge is 0.138 e. The van der Waals surface area contributed by atoms with Gasteiger partial charge in [-0.2, -0.15) is 0 Å². The molecule has 70 valence electrons. The van der Waals surface area contributed by atoms with Crippen LogP contribution in [0.1, 0.15) is 13.8 Å². The van der Waals surface area contributed by atoms with Crippen molar-refractivity contribution in [2.45, 2.75) is 20.0 Å². The minimum absolute atomic E-state index is 0.125. The first-order valence-electron chi connectivity index (χ1n) is 4.06. The molecule has 0 aliphatic rings. The minimum atomic E-state index is 0.125. The molecule has 1 aromatic carbocycles. The first-order valence-corrected chi connectivity index (χ1v) is 4.44. The van der Waals surface area contributed by atoms with E-state index in [9.17, 15) is 0 Å². The highest BCUT2D eigenvalue weighted by atomic mass is 35.5. The van der Waals surface area contributed by atoms with Crippen molar-refractivity contribution in [1.82, 2.24) is 0 Å². The molecule has 0 amide bonds. The number of hydrogen-bond donors (Lipinski definition) is 0. The van der Waals surface area contributed by atoms with Crippen LogP contribution in [0.3, 0.4) is 0 Å². The van der Waals surface area contributed by atoms with E-state index in [1.165, 1.54) is 0 Å². The molecular weight excluding hydrogens is 186 g/mol. The zero-order chi connectivity index (χ0) is 9.84. The summed E-state index contributed by atoms with van der Waals surface area (Å²) in [6, 6.07) is 5.34. The molecule has 0 radical (unpaired) electrons. The second kappa shape index (κ2) is 4.28. The third kappa shape index (κ3) is 2.74.